The van der Waals surface area contributed by atoms with Crippen molar-refractivity contribution in [2.24, 2.45) is 11.8 Å². The van der Waals surface area contributed by atoms with Crippen LogP contribution in [0.15, 0.2) is 42.0 Å². The Bertz CT molecular complexity index is 644. The van der Waals surface area contributed by atoms with E-state index in [4.69, 9.17) is 0 Å². The van der Waals surface area contributed by atoms with E-state index in [2.05, 4.69) is 40.3 Å². The zero-order valence-corrected chi connectivity index (χ0v) is 15.7. The molecule has 1 fully saturated rings. The Morgan fingerprint density at radius 3 is 2.88 bits per heavy atom. The van der Waals surface area contributed by atoms with Crippen molar-refractivity contribution >= 4 is 17.2 Å². The molecule has 1 aliphatic rings. The van der Waals surface area contributed by atoms with E-state index in [0.717, 1.165) is 32.5 Å². The smallest absolute Gasteiger partial charge is 0.220 e. The predicted molar refractivity (Wildman–Crippen MR) is 102 cm³/mol. The van der Waals surface area contributed by atoms with Gasteiger partial charge >= 0.3 is 0 Å². The molecule has 2 aromatic rings. The number of nitrogens with zero attached hydrogens (tertiary/aromatic N) is 2. The van der Waals surface area contributed by atoms with Crippen LogP contribution in [0, 0.1) is 11.8 Å². The Balaban J connectivity index is 1.47. The normalized spacial score (nSPS) is 21.2. The third kappa shape index (κ3) is 5.38. The summed E-state index contributed by atoms with van der Waals surface area (Å²) < 4.78 is 0. The third-order valence-corrected chi connectivity index (χ3v) is 6.02. The number of hydrogen-bond acceptors (Lipinski definition) is 4. The maximum Gasteiger partial charge on any atom is 0.220 e. The number of amides is 1. The number of hydrogen-bond donors (Lipinski definition) is 1. The number of carbonyl (C=O) groups excluding carboxylic acids is 1. The molecule has 2 unspecified atom stereocenters. The minimum absolute atomic E-state index is 0.194. The molecule has 134 valence electrons. The largest absolute Gasteiger partial charge is 0.351 e. The van der Waals surface area contributed by atoms with E-state index in [1.165, 1.54) is 10.4 Å². The van der Waals surface area contributed by atoms with Crippen LogP contribution >= 0.6 is 11.3 Å². The Hall–Kier alpha value is -1.72. The van der Waals surface area contributed by atoms with Gasteiger partial charge in [-0.15, -0.1) is 11.3 Å². The van der Waals surface area contributed by atoms with Gasteiger partial charge in [0.25, 0.3) is 0 Å². The van der Waals surface area contributed by atoms with E-state index in [9.17, 15) is 4.79 Å². The fraction of sp³-hybridized carbons (Fsp3) is 0.500. The number of aromatic nitrogens is 1. The van der Waals surface area contributed by atoms with Gasteiger partial charge in [0.15, 0.2) is 0 Å². The number of piperidine rings is 1. The van der Waals surface area contributed by atoms with E-state index in [0.29, 0.717) is 24.8 Å². The van der Waals surface area contributed by atoms with Gasteiger partial charge in [-0.1, -0.05) is 19.4 Å². The first-order valence-electron chi connectivity index (χ1n) is 9.15. The summed E-state index contributed by atoms with van der Waals surface area (Å²) >= 11 is 1.69. The monoisotopic (exact) mass is 357 g/mol. The van der Waals surface area contributed by atoms with Crippen molar-refractivity contribution < 1.29 is 4.79 Å². The van der Waals surface area contributed by atoms with Crippen LogP contribution in [0.4, 0.5) is 0 Å². The van der Waals surface area contributed by atoms with Crippen LogP contribution in [-0.4, -0.2) is 28.9 Å². The van der Waals surface area contributed by atoms with Gasteiger partial charge in [0.1, 0.15) is 0 Å². The first kappa shape index (κ1) is 18.1. The van der Waals surface area contributed by atoms with Crippen LogP contribution in [0.2, 0.25) is 0 Å². The molecule has 2 aromatic heterocycles. The average molecular weight is 358 g/mol. The van der Waals surface area contributed by atoms with E-state index in [-0.39, 0.29) is 5.91 Å². The van der Waals surface area contributed by atoms with E-state index < -0.39 is 0 Å². The van der Waals surface area contributed by atoms with Crippen LogP contribution in [0.25, 0.3) is 0 Å². The lowest BCUT2D eigenvalue weighted by Gasteiger charge is -2.38. The molecule has 2 atom stereocenters. The summed E-state index contributed by atoms with van der Waals surface area (Å²) in [4.78, 5) is 20.1. The van der Waals surface area contributed by atoms with Crippen molar-refractivity contribution in [3.8, 4) is 0 Å². The van der Waals surface area contributed by atoms with E-state index in [1.54, 1.807) is 11.3 Å². The summed E-state index contributed by atoms with van der Waals surface area (Å²) in [5.41, 5.74) is 1.32. The summed E-state index contributed by atoms with van der Waals surface area (Å²) in [6, 6.07) is 8.27. The summed E-state index contributed by atoms with van der Waals surface area (Å²) in [5.74, 6) is 1.30. The molecule has 4 nitrogen and oxygen atoms in total. The number of thiophene rings is 1. The topological polar surface area (TPSA) is 45.2 Å². The van der Waals surface area contributed by atoms with Gasteiger partial charge in [-0.05, 0) is 53.9 Å². The highest BCUT2D eigenvalue weighted by molar-refractivity contribution is 7.09. The standard InChI is InChI=1S/C20H27N3OS/c1-2-17-15-23(14-16-5-8-21-9-6-16)10-7-18(17)12-20(24)22-13-19-4-3-11-25-19/h3-6,8-9,11,17-18H,2,7,10,12-15H2,1H3,(H,22,24). The molecule has 0 saturated carbocycles. The molecule has 1 aliphatic heterocycles. The highest BCUT2D eigenvalue weighted by Crippen LogP contribution is 2.29. The summed E-state index contributed by atoms with van der Waals surface area (Å²) in [6.07, 6.45) is 6.62. The van der Waals surface area contributed by atoms with Crippen LogP contribution in [0.1, 0.15) is 36.6 Å². The molecule has 1 N–H and O–H groups in total. The predicted octanol–water partition coefficient (Wildman–Crippen LogP) is 3.70. The lowest BCUT2D eigenvalue weighted by atomic mass is 9.81. The maximum absolute atomic E-state index is 12.3. The quantitative estimate of drug-likeness (QED) is 0.822. The summed E-state index contributed by atoms with van der Waals surface area (Å²) in [7, 11) is 0. The maximum atomic E-state index is 12.3. The first-order valence-corrected chi connectivity index (χ1v) is 10.0. The van der Waals surface area contributed by atoms with Crippen molar-refractivity contribution in [1.29, 1.82) is 0 Å². The molecule has 0 aliphatic carbocycles. The molecule has 3 heterocycles. The zero-order valence-electron chi connectivity index (χ0n) is 14.9. The van der Waals surface area contributed by atoms with Crippen LogP contribution in [0.5, 0.6) is 0 Å². The molecular formula is C20H27N3OS. The molecule has 25 heavy (non-hydrogen) atoms. The fourth-order valence-electron chi connectivity index (χ4n) is 3.69. The van der Waals surface area contributed by atoms with Crippen molar-refractivity contribution in [1.82, 2.24) is 15.2 Å². The number of rotatable bonds is 7. The lowest BCUT2D eigenvalue weighted by Crippen LogP contribution is -2.41. The number of carbonyl (C=O) groups is 1. The number of nitrogens with one attached hydrogen (secondary N) is 1. The highest BCUT2D eigenvalue weighted by atomic mass is 32.1. The second kappa shape index (κ2) is 9.11. The van der Waals surface area contributed by atoms with Gasteiger partial charge < -0.3 is 5.32 Å². The van der Waals surface area contributed by atoms with Crippen LogP contribution in [0.3, 0.4) is 0 Å². The van der Waals surface area contributed by atoms with Gasteiger partial charge in [-0.3, -0.25) is 14.7 Å². The van der Waals surface area contributed by atoms with E-state index >= 15 is 0 Å². The van der Waals surface area contributed by atoms with Crippen LogP contribution < -0.4 is 5.32 Å². The highest BCUT2D eigenvalue weighted by Gasteiger charge is 2.29. The first-order chi connectivity index (χ1) is 12.2. The van der Waals surface area contributed by atoms with E-state index in [1.807, 2.05) is 23.8 Å². The molecular weight excluding hydrogens is 330 g/mol. The second-order valence-corrected chi connectivity index (χ2v) is 7.90. The van der Waals surface area contributed by atoms with Gasteiger partial charge in [0.2, 0.25) is 5.91 Å². The van der Waals surface area contributed by atoms with Crippen molar-refractivity contribution in [2.75, 3.05) is 13.1 Å². The van der Waals surface area contributed by atoms with Crippen molar-refractivity contribution in [2.45, 2.75) is 39.3 Å². The molecule has 5 heteroatoms. The molecule has 1 saturated heterocycles. The fourth-order valence-corrected chi connectivity index (χ4v) is 4.33. The van der Waals surface area contributed by atoms with Crippen LogP contribution in [-0.2, 0) is 17.9 Å². The van der Waals surface area contributed by atoms with Gasteiger partial charge in [0, 0.05) is 36.8 Å². The average Bonchev–Trinajstić information content (AvgIpc) is 3.16. The molecule has 3 rings (SSSR count). The SMILES string of the molecule is CCC1CN(Cc2ccncc2)CCC1CC(=O)NCc1cccs1. The molecule has 0 spiro atoms. The van der Waals surface area contributed by atoms with Gasteiger partial charge in [0.05, 0.1) is 6.54 Å². The van der Waals surface area contributed by atoms with Gasteiger partial charge in [-0.25, -0.2) is 0 Å². The van der Waals surface area contributed by atoms with Crippen molar-refractivity contribution in [3.63, 3.8) is 0 Å². The Kier molecular flexibility index (Phi) is 6.59. The number of pyridine rings is 1. The number of likely N-dealkylation sites (tertiary alicyclic amines) is 1. The Labute approximate surface area is 154 Å². The second-order valence-electron chi connectivity index (χ2n) is 6.87. The Morgan fingerprint density at radius 1 is 1.32 bits per heavy atom. The summed E-state index contributed by atoms with van der Waals surface area (Å²) in [6.45, 7) is 6.05. The minimum atomic E-state index is 0.194. The molecule has 0 aromatic carbocycles. The molecule has 0 radical (unpaired) electrons. The van der Waals surface area contributed by atoms with Gasteiger partial charge in [-0.2, -0.15) is 0 Å². The minimum Gasteiger partial charge on any atom is -0.351 e. The summed E-state index contributed by atoms with van der Waals surface area (Å²) in [5, 5.41) is 5.13. The molecule has 0 bridgehead atoms. The lowest BCUT2D eigenvalue weighted by molar-refractivity contribution is -0.123. The Morgan fingerprint density at radius 2 is 2.16 bits per heavy atom. The third-order valence-electron chi connectivity index (χ3n) is 5.14. The molecule has 1 amide bonds. The van der Waals surface area contributed by atoms with Crippen molar-refractivity contribution in [3.05, 3.63) is 52.5 Å². The zero-order chi connectivity index (χ0) is 17.5.